The summed E-state index contributed by atoms with van der Waals surface area (Å²) in [5.41, 5.74) is -0.120. The van der Waals surface area contributed by atoms with Crippen molar-refractivity contribution in [3.05, 3.63) is 63.7 Å². The van der Waals surface area contributed by atoms with Crippen LogP contribution in [0.5, 0.6) is 5.75 Å². The van der Waals surface area contributed by atoms with E-state index >= 15 is 0 Å². The summed E-state index contributed by atoms with van der Waals surface area (Å²) in [6.45, 7) is 2.86. The predicted octanol–water partition coefficient (Wildman–Crippen LogP) is 2.80. The minimum atomic E-state index is -1.23. The maximum absolute atomic E-state index is 12.9. The standard InChI is InChI=1S/C23H23N3O8/c1-13(2)10-19(25-21(28)15-6-4-5-7-16(15)22(25)29)23(30)34-12-20(27)24-17-9-8-14(33-3)11-18(17)26(31)32/h4-9,11,13,19H,10,12H2,1-3H3,(H,24,27)/t19-/m0/s1. The molecule has 0 fully saturated rings. The SMILES string of the molecule is COc1ccc(NC(=O)COC(=O)[C@H](CC(C)C)N2C(=O)c3ccccc3C2=O)c([N+](=O)[O-])c1. The minimum absolute atomic E-state index is 0.0716. The monoisotopic (exact) mass is 469 g/mol. The molecule has 0 saturated carbocycles. The molecule has 1 atom stereocenters. The third kappa shape index (κ3) is 5.03. The summed E-state index contributed by atoms with van der Waals surface area (Å²) in [5.74, 6) is -2.82. The predicted molar refractivity (Wildman–Crippen MR) is 119 cm³/mol. The second-order valence-corrected chi connectivity index (χ2v) is 7.97. The van der Waals surface area contributed by atoms with E-state index in [0.29, 0.717) is 0 Å². The number of rotatable bonds is 9. The summed E-state index contributed by atoms with van der Waals surface area (Å²) < 4.78 is 10.0. The maximum atomic E-state index is 12.9. The van der Waals surface area contributed by atoms with Gasteiger partial charge in [-0.2, -0.15) is 0 Å². The summed E-state index contributed by atoms with van der Waals surface area (Å²) >= 11 is 0. The van der Waals surface area contributed by atoms with Crippen LogP contribution in [0.25, 0.3) is 0 Å². The molecule has 0 aromatic heterocycles. The van der Waals surface area contributed by atoms with Crippen LogP contribution >= 0.6 is 0 Å². The maximum Gasteiger partial charge on any atom is 0.329 e. The number of esters is 1. The van der Waals surface area contributed by atoms with Gasteiger partial charge in [0.1, 0.15) is 17.5 Å². The lowest BCUT2D eigenvalue weighted by Crippen LogP contribution is -2.46. The Morgan fingerprint density at radius 2 is 1.71 bits per heavy atom. The number of nitrogens with one attached hydrogen (secondary N) is 1. The molecule has 11 nitrogen and oxygen atoms in total. The zero-order chi connectivity index (χ0) is 25.0. The van der Waals surface area contributed by atoms with Crippen molar-refractivity contribution in [1.29, 1.82) is 0 Å². The highest BCUT2D eigenvalue weighted by atomic mass is 16.6. The minimum Gasteiger partial charge on any atom is -0.496 e. The Morgan fingerprint density at radius 3 is 2.24 bits per heavy atom. The third-order valence-electron chi connectivity index (χ3n) is 5.13. The molecule has 0 bridgehead atoms. The molecule has 2 aromatic carbocycles. The fourth-order valence-electron chi connectivity index (χ4n) is 3.56. The van der Waals surface area contributed by atoms with E-state index in [1.54, 1.807) is 12.1 Å². The van der Waals surface area contributed by atoms with Crippen LogP contribution in [0.15, 0.2) is 42.5 Å². The van der Waals surface area contributed by atoms with Crippen molar-refractivity contribution in [3.8, 4) is 5.75 Å². The van der Waals surface area contributed by atoms with Crippen LogP contribution in [0.4, 0.5) is 11.4 Å². The van der Waals surface area contributed by atoms with Gasteiger partial charge >= 0.3 is 5.97 Å². The van der Waals surface area contributed by atoms with Gasteiger partial charge < -0.3 is 14.8 Å². The number of amides is 3. The summed E-state index contributed by atoms with van der Waals surface area (Å²) in [4.78, 5) is 62.2. The smallest absolute Gasteiger partial charge is 0.329 e. The van der Waals surface area contributed by atoms with Gasteiger partial charge in [-0.15, -0.1) is 0 Å². The summed E-state index contributed by atoms with van der Waals surface area (Å²) in [6, 6.07) is 8.87. The average molecular weight is 469 g/mol. The summed E-state index contributed by atoms with van der Waals surface area (Å²) in [5, 5.41) is 13.6. The van der Waals surface area contributed by atoms with Gasteiger partial charge in [0.2, 0.25) is 0 Å². The molecule has 0 saturated heterocycles. The fourth-order valence-corrected chi connectivity index (χ4v) is 3.56. The van der Waals surface area contributed by atoms with Crippen molar-refractivity contribution in [2.45, 2.75) is 26.3 Å². The number of nitrogens with zero attached hydrogens (tertiary/aromatic N) is 2. The van der Waals surface area contributed by atoms with Crippen molar-refractivity contribution in [2.75, 3.05) is 19.0 Å². The Labute approximate surface area is 194 Å². The number of ether oxygens (including phenoxy) is 2. The van der Waals surface area contributed by atoms with Crippen LogP contribution in [-0.2, 0) is 14.3 Å². The second kappa shape index (κ2) is 10.1. The van der Waals surface area contributed by atoms with E-state index in [9.17, 15) is 29.3 Å². The number of benzene rings is 2. The van der Waals surface area contributed by atoms with Crippen LogP contribution in [0.1, 0.15) is 41.0 Å². The van der Waals surface area contributed by atoms with Gasteiger partial charge in [-0.1, -0.05) is 26.0 Å². The number of imide groups is 1. The molecule has 34 heavy (non-hydrogen) atoms. The number of carbonyl (C=O) groups is 4. The van der Waals surface area contributed by atoms with E-state index in [1.165, 1.54) is 31.4 Å². The van der Waals surface area contributed by atoms with E-state index in [0.717, 1.165) is 11.0 Å². The highest BCUT2D eigenvalue weighted by Gasteiger charge is 2.43. The first kappa shape index (κ1) is 24.4. The molecule has 178 valence electrons. The lowest BCUT2D eigenvalue weighted by molar-refractivity contribution is -0.384. The van der Waals surface area contributed by atoms with Crippen molar-refractivity contribution in [3.63, 3.8) is 0 Å². The largest absolute Gasteiger partial charge is 0.496 e. The van der Waals surface area contributed by atoms with E-state index in [-0.39, 0.29) is 34.9 Å². The van der Waals surface area contributed by atoms with Crippen LogP contribution in [0.2, 0.25) is 0 Å². The van der Waals surface area contributed by atoms with Crippen LogP contribution < -0.4 is 10.1 Å². The quantitative estimate of drug-likeness (QED) is 0.255. The molecule has 1 N–H and O–H groups in total. The first-order valence-corrected chi connectivity index (χ1v) is 10.4. The van der Waals surface area contributed by atoms with Gasteiger partial charge in [-0.3, -0.25) is 29.4 Å². The molecule has 3 rings (SSSR count). The Balaban J connectivity index is 1.72. The van der Waals surface area contributed by atoms with E-state index in [1.807, 2.05) is 13.8 Å². The molecule has 1 heterocycles. The Morgan fingerprint density at radius 1 is 1.09 bits per heavy atom. The first-order chi connectivity index (χ1) is 16.1. The van der Waals surface area contributed by atoms with Crippen molar-refractivity contribution in [1.82, 2.24) is 4.90 Å². The molecule has 0 radical (unpaired) electrons. The molecular formula is C23H23N3O8. The van der Waals surface area contributed by atoms with Crippen LogP contribution in [0, 0.1) is 16.0 Å². The number of methoxy groups -OCH3 is 1. The number of carbonyl (C=O) groups excluding carboxylic acids is 4. The number of hydrogen-bond donors (Lipinski definition) is 1. The van der Waals surface area contributed by atoms with Gasteiger partial charge in [-0.25, -0.2) is 4.79 Å². The summed E-state index contributed by atoms with van der Waals surface area (Å²) in [7, 11) is 1.35. The Bertz CT molecular complexity index is 1130. The van der Waals surface area contributed by atoms with Crippen molar-refractivity contribution in [2.24, 2.45) is 5.92 Å². The molecular weight excluding hydrogens is 446 g/mol. The Kier molecular flexibility index (Phi) is 7.24. The molecule has 3 amide bonds. The van der Waals surface area contributed by atoms with Gasteiger partial charge in [0.25, 0.3) is 23.4 Å². The summed E-state index contributed by atoms with van der Waals surface area (Å²) in [6.07, 6.45) is 0.135. The van der Waals surface area contributed by atoms with Crippen molar-refractivity contribution < 1.29 is 33.6 Å². The molecule has 1 aliphatic rings. The average Bonchev–Trinajstić information content (AvgIpc) is 3.06. The van der Waals surface area contributed by atoms with Crippen LogP contribution in [-0.4, -0.2) is 53.3 Å². The molecule has 1 aliphatic heterocycles. The topological polar surface area (TPSA) is 145 Å². The normalized spacial score (nSPS) is 13.5. The lowest BCUT2D eigenvalue weighted by Gasteiger charge is -2.25. The molecule has 0 unspecified atom stereocenters. The highest BCUT2D eigenvalue weighted by Crippen LogP contribution is 2.29. The zero-order valence-corrected chi connectivity index (χ0v) is 18.8. The molecule has 11 heteroatoms. The molecule has 0 aliphatic carbocycles. The lowest BCUT2D eigenvalue weighted by atomic mass is 10.0. The Hall–Kier alpha value is -4.28. The van der Waals surface area contributed by atoms with Gasteiger partial charge in [0.15, 0.2) is 6.61 Å². The van der Waals surface area contributed by atoms with E-state index in [4.69, 9.17) is 9.47 Å². The number of nitro groups is 1. The first-order valence-electron chi connectivity index (χ1n) is 10.4. The third-order valence-corrected chi connectivity index (χ3v) is 5.13. The van der Waals surface area contributed by atoms with Gasteiger partial charge in [0.05, 0.1) is 29.2 Å². The fraction of sp³-hybridized carbons (Fsp3) is 0.304. The second-order valence-electron chi connectivity index (χ2n) is 7.97. The number of hydrogen-bond acceptors (Lipinski definition) is 8. The van der Waals surface area contributed by atoms with Gasteiger partial charge in [-0.05, 0) is 36.6 Å². The molecule has 2 aromatic rings. The van der Waals surface area contributed by atoms with Gasteiger partial charge in [0, 0.05) is 0 Å². The highest BCUT2D eigenvalue weighted by molar-refractivity contribution is 6.22. The van der Waals surface area contributed by atoms with Crippen LogP contribution in [0.3, 0.4) is 0 Å². The zero-order valence-electron chi connectivity index (χ0n) is 18.8. The van der Waals surface area contributed by atoms with E-state index < -0.39 is 47.0 Å². The van der Waals surface area contributed by atoms with E-state index in [2.05, 4.69) is 5.32 Å². The number of fused-ring (bicyclic) bond motifs is 1. The van der Waals surface area contributed by atoms with Crippen molar-refractivity contribution >= 4 is 35.1 Å². The molecule has 0 spiro atoms. The number of anilines is 1. The number of nitro benzene ring substituents is 1.